The van der Waals surface area contributed by atoms with Crippen molar-refractivity contribution in [3.05, 3.63) is 35.4 Å². The van der Waals surface area contributed by atoms with Gasteiger partial charge in [0.1, 0.15) is 5.75 Å². The van der Waals surface area contributed by atoms with Crippen LogP contribution < -0.4 is 10.1 Å². The Bertz CT molecular complexity index is 369. The number of hydrogen-bond donors (Lipinski definition) is 1. The Hall–Kier alpha value is -1.28. The van der Waals surface area contributed by atoms with E-state index < -0.39 is 0 Å². The second-order valence-electron chi connectivity index (χ2n) is 4.50. The SMILES string of the molecule is CCOc1ccccc1C=C(C)CNC(C)C. The predicted molar refractivity (Wildman–Crippen MR) is 74.4 cm³/mol. The summed E-state index contributed by atoms with van der Waals surface area (Å²) >= 11 is 0. The largest absolute Gasteiger partial charge is 0.493 e. The molecule has 0 aliphatic carbocycles. The van der Waals surface area contributed by atoms with E-state index in [1.807, 2.05) is 25.1 Å². The maximum Gasteiger partial charge on any atom is 0.126 e. The Kier molecular flexibility index (Phi) is 5.78. The van der Waals surface area contributed by atoms with Crippen LogP contribution in [-0.2, 0) is 0 Å². The van der Waals surface area contributed by atoms with Gasteiger partial charge in [-0.2, -0.15) is 0 Å². The van der Waals surface area contributed by atoms with E-state index >= 15 is 0 Å². The van der Waals surface area contributed by atoms with Crippen LogP contribution in [0.3, 0.4) is 0 Å². The molecular formula is C15H23NO. The van der Waals surface area contributed by atoms with Crippen molar-refractivity contribution >= 4 is 6.08 Å². The van der Waals surface area contributed by atoms with Gasteiger partial charge in [0, 0.05) is 18.2 Å². The number of hydrogen-bond acceptors (Lipinski definition) is 2. The van der Waals surface area contributed by atoms with Gasteiger partial charge in [-0.3, -0.25) is 0 Å². The summed E-state index contributed by atoms with van der Waals surface area (Å²) in [5.41, 5.74) is 2.46. The third kappa shape index (κ3) is 5.05. The molecule has 2 heteroatoms. The normalized spacial score (nSPS) is 11.9. The number of nitrogens with one attached hydrogen (secondary N) is 1. The number of benzene rings is 1. The van der Waals surface area contributed by atoms with E-state index in [1.54, 1.807) is 0 Å². The molecular weight excluding hydrogens is 210 g/mol. The first-order chi connectivity index (χ1) is 8.13. The topological polar surface area (TPSA) is 21.3 Å². The van der Waals surface area contributed by atoms with Crippen molar-refractivity contribution in [2.45, 2.75) is 33.7 Å². The van der Waals surface area contributed by atoms with Crippen molar-refractivity contribution in [1.29, 1.82) is 0 Å². The first-order valence-corrected chi connectivity index (χ1v) is 6.26. The van der Waals surface area contributed by atoms with Gasteiger partial charge >= 0.3 is 0 Å². The molecule has 94 valence electrons. The van der Waals surface area contributed by atoms with E-state index in [1.165, 1.54) is 5.57 Å². The van der Waals surface area contributed by atoms with Crippen LogP contribution in [0.5, 0.6) is 5.75 Å². The van der Waals surface area contributed by atoms with E-state index in [4.69, 9.17) is 4.74 Å². The van der Waals surface area contributed by atoms with Gasteiger partial charge in [0.05, 0.1) is 6.61 Å². The maximum atomic E-state index is 5.60. The van der Waals surface area contributed by atoms with E-state index in [0.29, 0.717) is 12.6 Å². The lowest BCUT2D eigenvalue weighted by Crippen LogP contribution is -2.24. The monoisotopic (exact) mass is 233 g/mol. The quantitative estimate of drug-likeness (QED) is 0.812. The summed E-state index contributed by atoms with van der Waals surface area (Å²) in [6, 6.07) is 8.66. The Morgan fingerprint density at radius 1 is 1.35 bits per heavy atom. The Balaban J connectivity index is 2.74. The molecule has 0 aliphatic rings. The summed E-state index contributed by atoms with van der Waals surface area (Å²) in [6.07, 6.45) is 2.18. The van der Waals surface area contributed by atoms with E-state index in [2.05, 4.69) is 38.2 Å². The summed E-state index contributed by atoms with van der Waals surface area (Å²) < 4.78 is 5.60. The van der Waals surface area contributed by atoms with E-state index in [9.17, 15) is 0 Å². The second kappa shape index (κ2) is 7.13. The molecule has 1 rings (SSSR count). The van der Waals surface area contributed by atoms with Crippen molar-refractivity contribution in [2.75, 3.05) is 13.2 Å². The Morgan fingerprint density at radius 3 is 2.71 bits per heavy atom. The van der Waals surface area contributed by atoms with E-state index in [-0.39, 0.29) is 0 Å². The Labute approximate surface area is 105 Å². The fourth-order valence-electron chi connectivity index (χ4n) is 1.57. The molecule has 2 nitrogen and oxygen atoms in total. The molecule has 0 spiro atoms. The average molecular weight is 233 g/mol. The minimum atomic E-state index is 0.514. The molecule has 0 heterocycles. The molecule has 0 saturated heterocycles. The van der Waals surface area contributed by atoms with Gasteiger partial charge in [-0.1, -0.05) is 43.7 Å². The third-order valence-electron chi connectivity index (χ3n) is 2.41. The first-order valence-electron chi connectivity index (χ1n) is 6.26. The minimum Gasteiger partial charge on any atom is -0.493 e. The second-order valence-corrected chi connectivity index (χ2v) is 4.50. The molecule has 0 unspecified atom stereocenters. The molecule has 0 aromatic heterocycles. The molecule has 1 aromatic carbocycles. The highest BCUT2D eigenvalue weighted by Crippen LogP contribution is 2.20. The summed E-state index contributed by atoms with van der Waals surface area (Å²) in [5.74, 6) is 0.957. The van der Waals surface area contributed by atoms with Crippen LogP contribution in [0.2, 0.25) is 0 Å². The van der Waals surface area contributed by atoms with Gasteiger partial charge in [0.2, 0.25) is 0 Å². The highest BCUT2D eigenvalue weighted by Gasteiger charge is 2.00. The molecule has 17 heavy (non-hydrogen) atoms. The zero-order chi connectivity index (χ0) is 12.7. The smallest absolute Gasteiger partial charge is 0.126 e. The molecule has 0 fully saturated rings. The molecule has 1 aromatic rings. The van der Waals surface area contributed by atoms with Gasteiger partial charge in [0.15, 0.2) is 0 Å². The predicted octanol–water partition coefficient (Wildman–Crippen LogP) is 3.49. The maximum absolute atomic E-state index is 5.60. The van der Waals surface area contributed by atoms with Crippen molar-refractivity contribution in [3.8, 4) is 5.75 Å². The fourth-order valence-corrected chi connectivity index (χ4v) is 1.57. The highest BCUT2D eigenvalue weighted by atomic mass is 16.5. The van der Waals surface area contributed by atoms with Gasteiger partial charge in [-0.25, -0.2) is 0 Å². The van der Waals surface area contributed by atoms with Gasteiger partial charge in [0.25, 0.3) is 0 Å². The Morgan fingerprint density at radius 2 is 2.06 bits per heavy atom. The van der Waals surface area contributed by atoms with Crippen LogP contribution >= 0.6 is 0 Å². The lowest BCUT2D eigenvalue weighted by atomic mass is 10.1. The molecule has 0 atom stereocenters. The van der Waals surface area contributed by atoms with Crippen molar-refractivity contribution < 1.29 is 4.74 Å². The van der Waals surface area contributed by atoms with Crippen LogP contribution in [-0.4, -0.2) is 19.2 Å². The molecule has 0 saturated carbocycles. The van der Waals surface area contributed by atoms with Gasteiger partial charge in [-0.05, 0) is 19.9 Å². The van der Waals surface area contributed by atoms with Crippen LogP contribution in [0.4, 0.5) is 0 Å². The standard InChI is InChI=1S/C15H23NO/c1-5-17-15-9-7-6-8-14(15)10-13(4)11-16-12(2)3/h6-10,12,16H,5,11H2,1-4H3. The summed E-state index contributed by atoms with van der Waals surface area (Å²) in [6.45, 7) is 10.1. The average Bonchev–Trinajstić information content (AvgIpc) is 2.29. The van der Waals surface area contributed by atoms with Crippen LogP contribution in [0.15, 0.2) is 29.8 Å². The third-order valence-corrected chi connectivity index (χ3v) is 2.41. The fraction of sp³-hybridized carbons (Fsp3) is 0.467. The molecule has 0 radical (unpaired) electrons. The van der Waals surface area contributed by atoms with E-state index in [0.717, 1.165) is 17.9 Å². The zero-order valence-corrected chi connectivity index (χ0v) is 11.3. The van der Waals surface area contributed by atoms with Crippen LogP contribution in [0.1, 0.15) is 33.3 Å². The summed E-state index contributed by atoms with van der Waals surface area (Å²) in [5, 5.41) is 3.41. The minimum absolute atomic E-state index is 0.514. The molecule has 0 amide bonds. The lowest BCUT2D eigenvalue weighted by Gasteiger charge is -2.10. The molecule has 0 bridgehead atoms. The van der Waals surface area contributed by atoms with Crippen molar-refractivity contribution in [3.63, 3.8) is 0 Å². The zero-order valence-electron chi connectivity index (χ0n) is 11.3. The van der Waals surface area contributed by atoms with Crippen molar-refractivity contribution in [2.24, 2.45) is 0 Å². The van der Waals surface area contributed by atoms with Gasteiger partial charge in [-0.15, -0.1) is 0 Å². The van der Waals surface area contributed by atoms with Crippen LogP contribution in [0.25, 0.3) is 6.08 Å². The number of para-hydroxylation sites is 1. The number of rotatable bonds is 6. The van der Waals surface area contributed by atoms with Crippen molar-refractivity contribution in [1.82, 2.24) is 5.32 Å². The summed E-state index contributed by atoms with van der Waals surface area (Å²) in [4.78, 5) is 0. The van der Waals surface area contributed by atoms with Gasteiger partial charge < -0.3 is 10.1 Å². The van der Waals surface area contributed by atoms with Crippen LogP contribution in [0, 0.1) is 0 Å². The summed E-state index contributed by atoms with van der Waals surface area (Å²) in [7, 11) is 0. The molecule has 1 N–H and O–H groups in total. The number of ether oxygens (including phenoxy) is 1. The lowest BCUT2D eigenvalue weighted by molar-refractivity contribution is 0.339. The first kappa shape index (κ1) is 13.8. The highest BCUT2D eigenvalue weighted by molar-refractivity contribution is 5.59. The molecule has 0 aliphatic heterocycles.